The maximum Gasteiger partial charge on any atom is 0.324 e. The predicted octanol–water partition coefficient (Wildman–Crippen LogP) is 1.98. The molecular formula is C21H29FN4O4S. The first-order valence-electron chi connectivity index (χ1n) is 10.8. The number of hydrogen-bond donors (Lipinski definition) is 2. The van der Waals surface area contributed by atoms with Crippen LogP contribution >= 0.6 is 0 Å². The summed E-state index contributed by atoms with van der Waals surface area (Å²) in [5.74, 6) is 0.759. The molecule has 3 aliphatic rings. The monoisotopic (exact) mass is 452 g/mol. The minimum atomic E-state index is -3.50. The smallest absolute Gasteiger partial charge is 0.324 e. The van der Waals surface area contributed by atoms with Crippen LogP contribution in [0.1, 0.15) is 44.2 Å². The number of piperidine rings is 1. The molecule has 31 heavy (non-hydrogen) atoms. The van der Waals surface area contributed by atoms with E-state index in [1.165, 1.54) is 17.4 Å². The molecule has 8 nitrogen and oxygen atoms in total. The molecule has 2 N–H and O–H groups in total. The number of rotatable bonds is 10. The number of sulfonamides is 1. The van der Waals surface area contributed by atoms with Gasteiger partial charge in [-0.3, -0.25) is 10.1 Å². The van der Waals surface area contributed by atoms with Crippen molar-refractivity contribution in [1.82, 2.24) is 14.9 Å². The fourth-order valence-corrected chi connectivity index (χ4v) is 5.84. The fraction of sp³-hybridized carbons (Fsp3) is 0.619. The average molecular weight is 453 g/mol. The quantitative estimate of drug-likeness (QED) is 0.418. The van der Waals surface area contributed by atoms with Crippen LogP contribution in [-0.2, 0) is 14.8 Å². The Balaban J connectivity index is 1.24. The topological polar surface area (TPSA) is 98.8 Å². The van der Waals surface area contributed by atoms with Gasteiger partial charge in [-0.1, -0.05) is 12.5 Å². The summed E-state index contributed by atoms with van der Waals surface area (Å²) in [6.07, 6.45) is 2.95. The molecule has 2 unspecified atom stereocenters. The molecule has 2 aliphatic heterocycles. The number of imide groups is 1. The highest BCUT2D eigenvalue weighted by Gasteiger charge is 2.45. The van der Waals surface area contributed by atoms with E-state index < -0.39 is 22.1 Å². The molecule has 3 atom stereocenters. The van der Waals surface area contributed by atoms with Crippen LogP contribution in [0.15, 0.2) is 18.2 Å². The molecule has 0 spiro atoms. The van der Waals surface area contributed by atoms with Crippen molar-refractivity contribution in [2.45, 2.75) is 38.6 Å². The molecule has 3 amide bonds. The van der Waals surface area contributed by atoms with E-state index in [9.17, 15) is 22.4 Å². The van der Waals surface area contributed by atoms with Gasteiger partial charge in [-0.05, 0) is 55.7 Å². The number of carbonyl (C=O) groups excluding carboxylic acids is 2. The van der Waals surface area contributed by atoms with Crippen molar-refractivity contribution in [3.8, 4) is 0 Å². The van der Waals surface area contributed by atoms with Crippen molar-refractivity contribution in [3.63, 3.8) is 0 Å². The van der Waals surface area contributed by atoms with Crippen molar-refractivity contribution in [2.75, 3.05) is 36.8 Å². The molecule has 170 valence electrons. The summed E-state index contributed by atoms with van der Waals surface area (Å²) in [7, 11) is -3.50. The minimum Gasteiger partial charge on any atom is -0.369 e. The summed E-state index contributed by atoms with van der Waals surface area (Å²) in [6.45, 7) is 4.00. The number of unbranched alkanes of at least 4 members (excludes halogenated alkanes) is 2. The van der Waals surface area contributed by atoms with Gasteiger partial charge in [-0.15, -0.1) is 0 Å². The van der Waals surface area contributed by atoms with Crippen molar-refractivity contribution < 1.29 is 22.4 Å². The number of hydrogen-bond acceptors (Lipinski definition) is 5. The first-order chi connectivity index (χ1) is 14.7. The Morgan fingerprint density at radius 1 is 1.19 bits per heavy atom. The van der Waals surface area contributed by atoms with Gasteiger partial charge >= 0.3 is 6.03 Å². The highest BCUT2D eigenvalue weighted by molar-refractivity contribution is 7.89. The standard InChI is InChI=1S/C21H29FN4O4S/c1-14(15-5-6-18(22)19(10-15)26-11-16-9-17(16)12-26)24-31(29,30)8-4-2-3-7-25-13-20(27)23-21(25)28/h5-6,10,14,16-17,24H,2-4,7-9,11-13H2,1H3,(H,23,27,28)/t14-,16?,17?/m1/s1. The molecule has 0 aromatic heterocycles. The molecule has 0 radical (unpaired) electrons. The van der Waals surface area contributed by atoms with Crippen LogP contribution < -0.4 is 14.9 Å². The van der Waals surface area contributed by atoms with Crippen LogP contribution in [-0.4, -0.2) is 57.2 Å². The molecule has 3 fully saturated rings. The predicted molar refractivity (Wildman–Crippen MR) is 115 cm³/mol. The Kier molecular flexibility index (Phi) is 6.20. The number of nitrogens with zero attached hydrogens (tertiary/aromatic N) is 2. The SMILES string of the molecule is C[C@@H](NS(=O)(=O)CCCCCN1CC(=O)NC1=O)c1ccc(F)c(N2CC3CC3C2)c1. The third-order valence-corrected chi connectivity index (χ3v) is 7.89. The highest BCUT2D eigenvalue weighted by Crippen LogP contribution is 2.46. The number of urea groups is 1. The lowest BCUT2D eigenvalue weighted by atomic mass is 10.1. The van der Waals surface area contributed by atoms with Crippen LogP contribution in [0, 0.1) is 17.7 Å². The van der Waals surface area contributed by atoms with E-state index in [0.717, 1.165) is 18.7 Å². The van der Waals surface area contributed by atoms with Crippen LogP contribution in [0.2, 0.25) is 0 Å². The number of benzene rings is 1. The zero-order valence-corrected chi connectivity index (χ0v) is 18.5. The van der Waals surface area contributed by atoms with Crippen molar-refractivity contribution in [2.24, 2.45) is 11.8 Å². The normalized spacial score (nSPS) is 23.8. The largest absolute Gasteiger partial charge is 0.369 e. The molecule has 1 aromatic rings. The molecule has 1 aromatic carbocycles. The number of halogens is 1. The van der Waals surface area contributed by atoms with Gasteiger partial charge in [0.2, 0.25) is 15.9 Å². The van der Waals surface area contributed by atoms with Gasteiger partial charge in [0, 0.05) is 25.7 Å². The van der Waals surface area contributed by atoms with E-state index >= 15 is 0 Å². The Bertz CT molecular complexity index is 960. The van der Waals surface area contributed by atoms with E-state index in [1.807, 2.05) is 0 Å². The number of amides is 3. The summed E-state index contributed by atoms with van der Waals surface area (Å²) in [5, 5.41) is 2.21. The molecule has 2 saturated heterocycles. The Morgan fingerprint density at radius 2 is 1.94 bits per heavy atom. The van der Waals surface area contributed by atoms with Crippen LogP contribution in [0.4, 0.5) is 14.9 Å². The average Bonchev–Trinajstić information content (AvgIpc) is 3.16. The van der Waals surface area contributed by atoms with Gasteiger partial charge < -0.3 is 9.80 Å². The first-order valence-corrected chi connectivity index (χ1v) is 12.5. The third-order valence-electron chi connectivity index (χ3n) is 6.36. The summed E-state index contributed by atoms with van der Waals surface area (Å²) < 4.78 is 42.0. The van der Waals surface area contributed by atoms with Crippen LogP contribution in [0.25, 0.3) is 0 Å². The molecule has 10 heteroatoms. The fourth-order valence-electron chi connectivity index (χ4n) is 4.47. The zero-order chi connectivity index (χ0) is 22.2. The lowest BCUT2D eigenvalue weighted by Crippen LogP contribution is -2.30. The zero-order valence-electron chi connectivity index (χ0n) is 17.6. The molecule has 1 aliphatic carbocycles. The lowest BCUT2D eigenvalue weighted by Gasteiger charge is -2.23. The van der Waals surface area contributed by atoms with Crippen LogP contribution in [0.3, 0.4) is 0 Å². The van der Waals surface area contributed by atoms with Crippen molar-refractivity contribution >= 4 is 27.6 Å². The molecule has 1 saturated carbocycles. The number of anilines is 1. The third kappa shape index (κ3) is 5.35. The first kappa shape index (κ1) is 22.0. The lowest BCUT2D eigenvalue weighted by molar-refractivity contribution is -0.118. The second-order valence-electron chi connectivity index (χ2n) is 8.87. The van der Waals surface area contributed by atoms with E-state index in [-0.39, 0.29) is 24.0 Å². The van der Waals surface area contributed by atoms with E-state index in [2.05, 4.69) is 14.9 Å². The van der Waals surface area contributed by atoms with Gasteiger partial charge in [-0.2, -0.15) is 0 Å². The maximum absolute atomic E-state index is 14.3. The molecular weight excluding hydrogens is 423 g/mol. The van der Waals surface area contributed by atoms with Crippen molar-refractivity contribution in [1.29, 1.82) is 0 Å². The Hall–Kier alpha value is -2.20. The Morgan fingerprint density at radius 3 is 2.61 bits per heavy atom. The van der Waals surface area contributed by atoms with Crippen LogP contribution in [0.5, 0.6) is 0 Å². The molecule has 2 heterocycles. The molecule has 4 rings (SSSR count). The Labute approximate surface area is 182 Å². The van der Waals surface area contributed by atoms with Gasteiger partial charge in [-0.25, -0.2) is 22.3 Å². The van der Waals surface area contributed by atoms with Gasteiger partial charge in [0.15, 0.2) is 0 Å². The maximum atomic E-state index is 14.3. The second-order valence-corrected chi connectivity index (χ2v) is 10.7. The number of nitrogens with one attached hydrogen (secondary N) is 2. The van der Waals surface area contributed by atoms with E-state index in [4.69, 9.17) is 0 Å². The van der Waals surface area contributed by atoms with E-state index in [0.29, 0.717) is 43.3 Å². The number of carbonyl (C=O) groups is 2. The van der Waals surface area contributed by atoms with E-state index in [1.54, 1.807) is 19.1 Å². The van der Waals surface area contributed by atoms with Gasteiger partial charge in [0.05, 0.1) is 11.4 Å². The minimum absolute atomic E-state index is 0.0218. The number of fused-ring (bicyclic) bond motifs is 1. The summed E-state index contributed by atoms with van der Waals surface area (Å²) in [4.78, 5) is 26.1. The van der Waals surface area contributed by atoms with Gasteiger partial charge in [0.25, 0.3) is 0 Å². The second kappa shape index (κ2) is 8.74. The summed E-state index contributed by atoms with van der Waals surface area (Å²) in [6, 6.07) is 3.96. The summed E-state index contributed by atoms with van der Waals surface area (Å²) in [5.41, 5.74) is 1.30. The van der Waals surface area contributed by atoms with Gasteiger partial charge in [0.1, 0.15) is 12.4 Å². The van der Waals surface area contributed by atoms with Crippen molar-refractivity contribution in [3.05, 3.63) is 29.6 Å². The highest BCUT2D eigenvalue weighted by atomic mass is 32.2. The summed E-state index contributed by atoms with van der Waals surface area (Å²) >= 11 is 0. The molecule has 0 bridgehead atoms.